The third-order valence-corrected chi connectivity index (χ3v) is 10.5. The Morgan fingerprint density at radius 3 is 2.71 bits per heavy atom. The molecular weight excluding hydrogens is 467 g/mol. The first kappa shape index (κ1) is 23.9. The molecule has 1 aliphatic heterocycles. The second-order valence-corrected chi connectivity index (χ2v) is 14.1. The Labute approximate surface area is 179 Å². The highest BCUT2D eigenvalue weighted by Crippen LogP contribution is 2.59. The van der Waals surface area contributed by atoms with Crippen LogP contribution in [-0.4, -0.2) is 35.9 Å². The Hall–Kier alpha value is -0.410. The van der Waals surface area contributed by atoms with E-state index in [1.165, 1.54) is 12.1 Å². The van der Waals surface area contributed by atoms with Crippen LogP contribution < -0.4 is 9.44 Å². The summed E-state index contributed by atoms with van der Waals surface area (Å²) in [4.78, 5) is 4.29. The minimum absolute atomic E-state index is 0.00769. The van der Waals surface area contributed by atoms with Gasteiger partial charge in [-0.3, -0.25) is 4.72 Å². The van der Waals surface area contributed by atoms with Crippen molar-refractivity contribution < 1.29 is 13.5 Å². The summed E-state index contributed by atoms with van der Waals surface area (Å²) in [7, 11) is -2.69. The number of halogens is 2. The van der Waals surface area contributed by atoms with Crippen molar-refractivity contribution in [2.45, 2.75) is 62.5 Å². The Morgan fingerprint density at radius 2 is 2.14 bits per heavy atom. The highest BCUT2D eigenvalue weighted by molar-refractivity contribution is 9.10. The molecule has 28 heavy (non-hydrogen) atoms. The molecule has 0 spiro atoms. The molecule has 3 N–H and O–H groups in total. The van der Waals surface area contributed by atoms with Gasteiger partial charge in [-0.1, -0.05) is 10.5 Å². The molecule has 6 nitrogen and oxygen atoms in total. The van der Waals surface area contributed by atoms with Crippen LogP contribution in [0.1, 0.15) is 53.2 Å². The summed E-state index contributed by atoms with van der Waals surface area (Å²) in [5.74, 6) is -0.576. The molecule has 0 unspecified atom stereocenters. The van der Waals surface area contributed by atoms with Gasteiger partial charge in [0, 0.05) is 23.7 Å². The van der Waals surface area contributed by atoms with E-state index < -0.39 is 42.7 Å². The summed E-state index contributed by atoms with van der Waals surface area (Å²) < 4.78 is 44.2. The van der Waals surface area contributed by atoms with Crippen LogP contribution in [0.15, 0.2) is 16.7 Å². The summed E-state index contributed by atoms with van der Waals surface area (Å²) in [5, 5.41) is 9.76. The minimum atomic E-state index is -2.69. The predicted octanol–water partition coefficient (Wildman–Crippen LogP) is 4.11. The maximum absolute atomic E-state index is 14.8. The number of pyridine rings is 1. The van der Waals surface area contributed by atoms with Crippen LogP contribution in [0.3, 0.4) is 0 Å². The molecule has 1 aromatic rings. The lowest BCUT2D eigenvalue weighted by molar-refractivity contribution is 0.409. The summed E-state index contributed by atoms with van der Waals surface area (Å²) >= 11 is 1.71. The zero-order valence-electron chi connectivity index (χ0n) is 16.8. The largest absolute Gasteiger partial charge is 0.598 e. The monoisotopic (exact) mass is 494 g/mol. The smallest absolute Gasteiger partial charge is 0.146 e. The third-order valence-electron chi connectivity index (χ3n) is 4.86. The Kier molecular flexibility index (Phi) is 7.14. The van der Waals surface area contributed by atoms with Crippen molar-refractivity contribution in [2.75, 3.05) is 12.3 Å². The zero-order valence-corrected chi connectivity index (χ0v) is 20.0. The molecule has 1 saturated heterocycles. The lowest BCUT2D eigenvalue weighted by Gasteiger charge is -2.52. The van der Waals surface area contributed by atoms with Gasteiger partial charge in [-0.25, -0.2) is 9.37 Å². The second kappa shape index (κ2) is 8.38. The molecule has 0 aliphatic carbocycles. The van der Waals surface area contributed by atoms with Gasteiger partial charge in [-0.15, -0.1) is 4.72 Å². The van der Waals surface area contributed by atoms with Gasteiger partial charge in [-0.2, -0.15) is 5.26 Å². The minimum Gasteiger partial charge on any atom is -0.598 e. The molecule has 4 atom stereocenters. The number of nitrogens with zero attached hydrogens (tertiary/aromatic N) is 2. The molecular formula is C18H28BrFN4O2S2. The molecule has 1 fully saturated rings. The van der Waals surface area contributed by atoms with Crippen LogP contribution >= 0.6 is 26.4 Å². The van der Waals surface area contributed by atoms with E-state index in [9.17, 15) is 18.8 Å². The molecule has 2 heterocycles. The van der Waals surface area contributed by atoms with E-state index in [2.05, 4.69) is 36.4 Å². The fraction of sp³-hybridized carbons (Fsp3) is 0.667. The van der Waals surface area contributed by atoms with Crippen LogP contribution in [0.25, 0.3) is 0 Å². The Balaban J connectivity index is 2.55. The van der Waals surface area contributed by atoms with Crippen molar-refractivity contribution in [3.05, 3.63) is 28.2 Å². The van der Waals surface area contributed by atoms with Gasteiger partial charge in [0.25, 0.3) is 0 Å². The van der Waals surface area contributed by atoms with Gasteiger partial charge in [0.15, 0.2) is 0 Å². The number of nitrogens with one attached hydrogen (secondary N) is 2. The zero-order chi connectivity index (χ0) is 21.4. The van der Waals surface area contributed by atoms with E-state index in [0.29, 0.717) is 17.6 Å². The normalized spacial score (nSPS) is 29.0. The maximum atomic E-state index is 14.8. The topological polar surface area (TPSA) is 104 Å². The number of aromatic nitrogens is 1. The first-order valence-electron chi connectivity index (χ1n) is 8.97. The van der Waals surface area contributed by atoms with Gasteiger partial charge in [0.1, 0.15) is 31.1 Å². The van der Waals surface area contributed by atoms with E-state index in [1.807, 2.05) is 0 Å². The van der Waals surface area contributed by atoms with E-state index in [4.69, 9.17) is 0 Å². The number of nitriles is 1. The molecule has 2 rings (SSSR count). The first-order valence-corrected chi connectivity index (χ1v) is 12.7. The van der Waals surface area contributed by atoms with Gasteiger partial charge >= 0.3 is 0 Å². The molecule has 0 bridgehead atoms. The average Bonchev–Trinajstić information content (AvgIpc) is 2.58. The van der Waals surface area contributed by atoms with E-state index in [-0.39, 0.29) is 11.4 Å². The van der Waals surface area contributed by atoms with E-state index >= 15 is 0 Å². The van der Waals surface area contributed by atoms with Gasteiger partial charge < -0.3 is 9.11 Å². The predicted molar refractivity (Wildman–Crippen MR) is 117 cm³/mol. The first-order chi connectivity index (χ1) is 12.8. The highest BCUT2D eigenvalue weighted by Gasteiger charge is 2.52. The van der Waals surface area contributed by atoms with Crippen LogP contribution in [0.2, 0.25) is 0 Å². The van der Waals surface area contributed by atoms with Crippen molar-refractivity contribution >= 4 is 37.8 Å². The van der Waals surface area contributed by atoms with Crippen molar-refractivity contribution in [3.63, 3.8) is 0 Å². The summed E-state index contributed by atoms with van der Waals surface area (Å²) in [6.45, 7) is 9.38. The molecule has 1 aromatic heterocycles. The lowest BCUT2D eigenvalue weighted by atomic mass is 10.0. The van der Waals surface area contributed by atoms with E-state index in [0.717, 1.165) is 6.42 Å². The van der Waals surface area contributed by atoms with Crippen molar-refractivity contribution in [1.29, 1.82) is 5.26 Å². The molecule has 10 heteroatoms. The summed E-state index contributed by atoms with van der Waals surface area (Å²) in [5.41, 5.74) is -1.22. The van der Waals surface area contributed by atoms with Gasteiger partial charge in [0.05, 0.1) is 6.07 Å². The standard InChI is InChI=1S/C18H28BrFN4O2S2/c1-16(2,3)27(25)24-18(5,15-13(20)7-8-14(19)23-15)12-28(26)17(4,11-21)9-6-10-22-28/h7-8,22,24,26H,6,9-10,12H2,1-5H3/t17-,18-,27+/m0/s1. The Morgan fingerprint density at radius 1 is 1.50 bits per heavy atom. The maximum Gasteiger partial charge on any atom is 0.146 e. The van der Waals surface area contributed by atoms with Crippen LogP contribution in [0, 0.1) is 17.1 Å². The van der Waals surface area contributed by atoms with Crippen molar-refractivity contribution in [2.24, 2.45) is 0 Å². The fourth-order valence-corrected chi connectivity index (χ4v) is 7.25. The average molecular weight is 495 g/mol. The second-order valence-electron chi connectivity index (χ2n) is 8.47. The fourth-order valence-electron chi connectivity index (χ4n) is 3.06. The van der Waals surface area contributed by atoms with Crippen LogP contribution in [-0.2, 0) is 16.9 Å². The Bertz CT molecular complexity index is 775. The molecule has 1 aliphatic rings. The molecule has 0 radical (unpaired) electrons. The summed E-state index contributed by atoms with van der Waals surface area (Å²) in [6.07, 6.45) is 1.30. The SMILES string of the molecule is CC(C)(C)[S@@+]([O-])N[C@@](C)(C[S@@]1(O)NCCC[C@@]1(C)C#N)c1nc(Br)ccc1F. The van der Waals surface area contributed by atoms with Crippen LogP contribution in [0.4, 0.5) is 4.39 Å². The van der Waals surface area contributed by atoms with Crippen molar-refractivity contribution in [1.82, 2.24) is 14.4 Å². The molecule has 0 aromatic carbocycles. The van der Waals surface area contributed by atoms with Crippen LogP contribution in [0.5, 0.6) is 0 Å². The third kappa shape index (κ3) is 4.83. The number of hydrogen-bond donors (Lipinski definition) is 3. The van der Waals surface area contributed by atoms with Gasteiger partial charge in [0.2, 0.25) is 0 Å². The number of rotatable bonds is 5. The highest BCUT2D eigenvalue weighted by atomic mass is 79.9. The van der Waals surface area contributed by atoms with Crippen molar-refractivity contribution in [3.8, 4) is 6.07 Å². The lowest BCUT2D eigenvalue weighted by Crippen LogP contribution is -2.57. The molecule has 0 saturated carbocycles. The molecule has 158 valence electrons. The molecule has 0 amide bonds. The summed E-state index contributed by atoms with van der Waals surface area (Å²) in [6, 6.07) is 5.02. The quantitative estimate of drug-likeness (QED) is 0.420. The number of hydrogen-bond acceptors (Lipinski definition) is 6. The van der Waals surface area contributed by atoms with E-state index in [1.54, 1.807) is 34.6 Å². The van der Waals surface area contributed by atoms with Gasteiger partial charge in [-0.05, 0) is 75.5 Å².